The second kappa shape index (κ2) is 3.02. The van der Waals surface area contributed by atoms with Crippen molar-refractivity contribution in [3.05, 3.63) is 34.2 Å². The van der Waals surface area contributed by atoms with Gasteiger partial charge in [-0.15, -0.1) is 0 Å². The molecule has 0 spiro atoms. The highest BCUT2D eigenvalue weighted by atomic mass is 16.5. The number of rotatable bonds is 1. The zero-order valence-electron chi connectivity index (χ0n) is 7.57. The van der Waals surface area contributed by atoms with Crippen molar-refractivity contribution < 1.29 is 4.52 Å². The number of nitrogens with two attached hydrogens (primary N) is 1. The maximum atomic E-state index is 11.4. The molecule has 0 saturated heterocycles. The molecule has 0 bridgehead atoms. The minimum Gasteiger partial charge on any atom is -0.381 e. The second-order valence-corrected chi connectivity index (χ2v) is 2.94. The Labute approximate surface area is 79.5 Å². The molecule has 0 amide bonds. The van der Waals surface area contributed by atoms with Crippen LogP contribution >= 0.6 is 0 Å². The van der Waals surface area contributed by atoms with E-state index in [1.165, 1.54) is 6.07 Å². The van der Waals surface area contributed by atoms with E-state index in [4.69, 9.17) is 10.3 Å². The third kappa shape index (κ3) is 1.19. The Morgan fingerprint density at radius 3 is 2.93 bits per heavy atom. The lowest BCUT2D eigenvalue weighted by molar-refractivity contribution is 0.435. The fourth-order valence-electron chi connectivity index (χ4n) is 1.19. The van der Waals surface area contributed by atoms with E-state index in [9.17, 15) is 4.79 Å². The Bertz CT molecular complexity index is 513. The van der Waals surface area contributed by atoms with Crippen molar-refractivity contribution in [2.45, 2.75) is 6.92 Å². The van der Waals surface area contributed by atoms with Crippen molar-refractivity contribution in [3.63, 3.8) is 0 Å². The molecule has 0 aromatic carbocycles. The highest BCUT2D eigenvalue weighted by molar-refractivity contribution is 5.64. The highest BCUT2D eigenvalue weighted by Crippen LogP contribution is 2.23. The molecule has 0 aliphatic carbocycles. The Morgan fingerprint density at radius 1 is 1.57 bits per heavy atom. The Hall–Kier alpha value is -2.04. The summed E-state index contributed by atoms with van der Waals surface area (Å²) in [5, 5.41) is 3.58. The molecule has 2 aromatic rings. The van der Waals surface area contributed by atoms with Crippen LogP contribution in [0.15, 0.2) is 27.8 Å². The van der Waals surface area contributed by atoms with Gasteiger partial charge in [-0.05, 0) is 6.92 Å². The van der Waals surface area contributed by atoms with E-state index in [1.807, 2.05) is 0 Å². The van der Waals surface area contributed by atoms with Gasteiger partial charge in [0.25, 0.3) is 0 Å². The predicted molar refractivity (Wildman–Crippen MR) is 51.7 cm³/mol. The molecule has 0 aliphatic rings. The van der Waals surface area contributed by atoms with Crippen LogP contribution in [0.1, 0.15) is 5.56 Å². The molecule has 0 atom stereocenters. The molecule has 0 unspecified atom stereocenters. The highest BCUT2D eigenvalue weighted by Gasteiger charge is 2.13. The maximum absolute atomic E-state index is 11.4. The molecule has 0 radical (unpaired) electrons. The molecular formula is C9H9N3O2. The van der Waals surface area contributed by atoms with Gasteiger partial charge in [-0.2, -0.15) is 0 Å². The fourth-order valence-corrected chi connectivity index (χ4v) is 1.19. The van der Waals surface area contributed by atoms with Crippen molar-refractivity contribution in [2.75, 3.05) is 5.73 Å². The van der Waals surface area contributed by atoms with E-state index < -0.39 is 0 Å². The number of H-pyrrole nitrogens is 1. The van der Waals surface area contributed by atoms with Crippen LogP contribution in [0.4, 0.5) is 5.82 Å². The quantitative estimate of drug-likeness (QED) is 0.701. The molecule has 0 saturated carbocycles. The first-order valence-corrected chi connectivity index (χ1v) is 4.09. The molecule has 5 heteroatoms. The maximum Gasteiger partial charge on any atom is 0.192 e. The summed E-state index contributed by atoms with van der Waals surface area (Å²) < 4.78 is 4.97. The standard InChI is InChI=1S/C9H9N3O2/c1-5-8(14-12-9(5)10)6-4-11-3-2-7(6)13/h2-4H,1H3,(H2,10,12)(H,11,13). The first-order valence-electron chi connectivity index (χ1n) is 4.09. The average Bonchev–Trinajstić information content (AvgIpc) is 2.49. The molecule has 2 aromatic heterocycles. The predicted octanol–water partition coefficient (Wildman–Crippen LogP) is 0.921. The lowest BCUT2D eigenvalue weighted by Gasteiger charge is -1.94. The fraction of sp³-hybridized carbons (Fsp3) is 0.111. The van der Waals surface area contributed by atoms with E-state index >= 15 is 0 Å². The number of aromatic nitrogens is 2. The van der Waals surface area contributed by atoms with Crippen LogP contribution in [-0.2, 0) is 0 Å². The molecule has 14 heavy (non-hydrogen) atoms. The lowest BCUT2D eigenvalue weighted by atomic mass is 10.1. The Morgan fingerprint density at radius 2 is 2.36 bits per heavy atom. The van der Waals surface area contributed by atoms with E-state index in [0.29, 0.717) is 22.7 Å². The molecule has 72 valence electrons. The van der Waals surface area contributed by atoms with Gasteiger partial charge in [0.2, 0.25) is 0 Å². The molecule has 0 aliphatic heterocycles. The van der Waals surface area contributed by atoms with Gasteiger partial charge >= 0.3 is 0 Å². The van der Waals surface area contributed by atoms with Gasteiger partial charge in [-0.25, -0.2) is 0 Å². The van der Waals surface area contributed by atoms with Gasteiger partial charge in [0.05, 0.1) is 5.56 Å². The monoisotopic (exact) mass is 191 g/mol. The first-order chi connectivity index (χ1) is 6.70. The SMILES string of the molecule is Cc1c(N)noc1-c1c[nH]ccc1=O. The summed E-state index contributed by atoms with van der Waals surface area (Å²) in [6.07, 6.45) is 3.12. The molecular weight excluding hydrogens is 182 g/mol. The van der Waals surface area contributed by atoms with Crippen LogP contribution < -0.4 is 11.2 Å². The van der Waals surface area contributed by atoms with Crippen molar-refractivity contribution in [1.82, 2.24) is 10.1 Å². The van der Waals surface area contributed by atoms with Gasteiger partial charge in [0.15, 0.2) is 17.0 Å². The summed E-state index contributed by atoms with van der Waals surface area (Å²) in [6, 6.07) is 1.42. The minimum atomic E-state index is -0.122. The van der Waals surface area contributed by atoms with Gasteiger partial charge < -0.3 is 15.2 Å². The van der Waals surface area contributed by atoms with Crippen LogP contribution in [0.2, 0.25) is 0 Å². The van der Waals surface area contributed by atoms with Crippen LogP contribution in [0.3, 0.4) is 0 Å². The number of nitrogens with one attached hydrogen (secondary N) is 1. The van der Waals surface area contributed by atoms with Crippen molar-refractivity contribution in [1.29, 1.82) is 0 Å². The topological polar surface area (TPSA) is 84.9 Å². The largest absolute Gasteiger partial charge is 0.381 e. The summed E-state index contributed by atoms with van der Waals surface area (Å²) in [5.74, 6) is 0.729. The van der Waals surface area contributed by atoms with Crippen molar-refractivity contribution in [2.24, 2.45) is 0 Å². The number of nitrogens with zero attached hydrogens (tertiary/aromatic N) is 1. The zero-order chi connectivity index (χ0) is 10.1. The normalized spacial score (nSPS) is 10.4. The van der Waals surface area contributed by atoms with Gasteiger partial charge in [0.1, 0.15) is 0 Å². The summed E-state index contributed by atoms with van der Waals surface area (Å²) in [4.78, 5) is 14.2. The molecule has 3 N–H and O–H groups in total. The summed E-state index contributed by atoms with van der Waals surface area (Å²) in [5.41, 5.74) is 6.51. The number of anilines is 1. The minimum absolute atomic E-state index is 0.122. The lowest BCUT2D eigenvalue weighted by Crippen LogP contribution is -2.02. The number of aromatic amines is 1. The van der Waals surface area contributed by atoms with E-state index in [1.54, 1.807) is 19.3 Å². The van der Waals surface area contributed by atoms with Crippen LogP contribution in [-0.4, -0.2) is 10.1 Å². The molecule has 0 fully saturated rings. The summed E-state index contributed by atoms with van der Waals surface area (Å²) >= 11 is 0. The second-order valence-electron chi connectivity index (χ2n) is 2.94. The van der Waals surface area contributed by atoms with E-state index in [0.717, 1.165) is 0 Å². The van der Waals surface area contributed by atoms with E-state index in [2.05, 4.69) is 10.1 Å². The smallest absolute Gasteiger partial charge is 0.192 e. The molecule has 2 heterocycles. The van der Waals surface area contributed by atoms with Crippen LogP contribution in [0.5, 0.6) is 0 Å². The molecule has 5 nitrogen and oxygen atoms in total. The first kappa shape index (κ1) is 8.55. The number of hydrogen-bond acceptors (Lipinski definition) is 4. The van der Waals surface area contributed by atoms with Crippen LogP contribution in [0, 0.1) is 6.92 Å². The molecule has 2 rings (SSSR count). The van der Waals surface area contributed by atoms with Gasteiger partial charge in [-0.3, -0.25) is 4.79 Å². The number of pyridine rings is 1. The van der Waals surface area contributed by atoms with Crippen molar-refractivity contribution >= 4 is 5.82 Å². The number of hydrogen-bond donors (Lipinski definition) is 2. The van der Waals surface area contributed by atoms with Gasteiger partial charge in [0, 0.05) is 24.0 Å². The summed E-state index contributed by atoms with van der Waals surface area (Å²) in [7, 11) is 0. The van der Waals surface area contributed by atoms with Crippen LogP contribution in [0.25, 0.3) is 11.3 Å². The number of nitrogen functional groups attached to an aromatic ring is 1. The van der Waals surface area contributed by atoms with Crippen molar-refractivity contribution in [3.8, 4) is 11.3 Å². The Kier molecular flexibility index (Phi) is 1.85. The third-order valence-corrected chi connectivity index (χ3v) is 2.03. The average molecular weight is 191 g/mol. The van der Waals surface area contributed by atoms with Gasteiger partial charge in [-0.1, -0.05) is 5.16 Å². The third-order valence-electron chi connectivity index (χ3n) is 2.03. The van der Waals surface area contributed by atoms with E-state index in [-0.39, 0.29) is 5.43 Å². The summed E-state index contributed by atoms with van der Waals surface area (Å²) in [6.45, 7) is 1.76. The Balaban J connectivity index is 2.67. The zero-order valence-corrected chi connectivity index (χ0v) is 7.57.